The molecule has 1 heterocycles. The van der Waals surface area contributed by atoms with Crippen molar-refractivity contribution in [3.05, 3.63) is 64.4 Å². The predicted octanol–water partition coefficient (Wildman–Crippen LogP) is 5.54. The normalized spacial score (nSPS) is 10.9. The summed E-state index contributed by atoms with van der Waals surface area (Å²) < 4.78 is 14.4. The van der Waals surface area contributed by atoms with Crippen molar-refractivity contribution in [1.82, 2.24) is 4.98 Å². The van der Waals surface area contributed by atoms with Crippen LogP contribution in [-0.2, 0) is 5.88 Å². The maximum absolute atomic E-state index is 13.3. The summed E-state index contributed by atoms with van der Waals surface area (Å²) in [6.45, 7) is 0. The van der Waals surface area contributed by atoms with Crippen LogP contribution in [0.25, 0.3) is 22.2 Å². The highest BCUT2D eigenvalue weighted by Crippen LogP contribution is 2.27. The molecule has 0 saturated heterocycles. The molecule has 0 aliphatic heterocycles. The molecule has 4 heteroatoms. The van der Waals surface area contributed by atoms with Gasteiger partial charge in [-0.15, -0.1) is 11.6 Å². The fourth-order valence-electron chi connectivity index (χ4n) is 2.15. The van der Waals surface area contributed by atoms with Gasteiger partial charge in [-0.25, -0.2) is 9.37 Å². The van der Waals surface area contributed by atoms with Crippen molar-refractivity contribution in [2.24, 2.45) is 0 Å². The minimum atomic E-state index is -0.276. The molecule has 100 valence electrons. The van der Waals surface area contributed by atoms with Gasteiger partial charge in [0.1, 0.15) is 5.82 Å². The smallest absolute Gasteiger partial charge is 0.123 e. The van der Waals surface area contributed by atoms with E-state index in [1.807, 2.05) is 30.3 Å². The highest BCUT2D eigenvalue weighted by Gasteiger charge is 2.08. The number of halogens is 3. The Morgan fingerprint density at radius 2 is 1.80 bits per heavy atom. The van der Waals surface area contributed by atoms with E-state index in [4.69, 9.17) is 11.6 Å². The van der Waals surface area contributed by atoms with E-state index in [2.05, 4.69) is 20.9 Å². The lowest BCUT2D eigenvalue weighted by Crippen LogP contribution is -1.91. The van der Waals surface area contributed by atoms with Gasteiger partial charge in [0.15, 0.2) is 0 Å². The third kappa shape index (κ3) is 2.56. The largest absolute Gasteiger partial charge is 0.248 e. The molecular weight excluding hydrogens is 341 g/mol. The first-order valence-electron chi connectivity index (χ1n) is 6.08. The van der Waals surface area contributed by atoms with E-state index in [1.54, 1.807) is 6.07 Å². The summed E-state index contributed by atoms with van der Waals surface area (Å²) in [4.78, 5) is 4.58. The molecule has 0 saturated carbocycles. The van der Waals surface area contributed by atoms with Crippen molar-refractivity contribution in [2.75, 3.05) is 0 Å². The van der Waals surface area contributed by atoms with Crippen LogP contribution in [0, 0.1) is 5.82 Å². The quantitative estimate of drug-likeness (QED) is 0.553. The summed E-state index contributed by atoms with van der Waals surface area (Å²) in [6, 6.07) is 14.4. The van der Waals surface area contributed by atoms with Gasteiger partial charge >= 0.3 is 0 Å². The van der Waals surface area contributed by atoms with Gasteiger partial charge in [-0.2, -0.15) is 0 Å². The fraction of sp³-hybridized carbons (Fsp3) is 0.0625. The van der Waals surface area contributed by atoms with Crippen molar-refractivity contribution in [3.63, 3.8) is 0 Å². The molecule has 0 atom stereocenters. The molecular formula is C16H10BrClFN. The summed E-state index contributed by atoms with van der Waals surface area (Å²) >= 11 is 9.40. The second kappa shape index (κ2) is 5.51. The van der Waals surface area contributed by atoms with Crippen LogP contribution >= 0.6 is 27.5 Å². The standard InChI is InChI=1S/C16H10BrClFN/c17-12-3-1-10(2-4-12)16-7-11(9-18)14-8-13(19)5-6-15(14)20-16/h1-8H,9H2. The fourth-order valence-corrected chi connectivity index (χ4v) is 2.63. The van der Waals surface area contributed by atoms with E-state index in [0.717, 1.165) is 32.2 Å². The molecule has 0 N–H and O–H groups in total. The molecule has 0 fully saturated rings. The zero-order chi connectivity index (χ0) is 14.1. The van der Waals surface area contributed by atoms with E-state index >= 15 is 0 Å². The first-order chi connectivity index (χ1) is 9.67. The number of alkyl halides is 1. The molecule has 0 amide bonds. The Labute approximate surface area is 129 Å². The Hall–Kier alpha value is -1.45. The topological polar surface area (TPSA) is 12.9 Å². The molecule has 0 radical (unpaired) electrons. The van der Waals surface area contributed by atoms with Gasteiger partial charge in [0.25, 0.3) is 0 Å². The highest BCUT2D eigenvalue weighted by atomic mass is 79.9. The number of hydrogen-bond acceptors (Lipinski definition) is 1. The summed E-state index contributed by atoms with van der Waals surface area (Å²) in [7, 11) is 0. The Morgan fingerprint density at radius 3 is 2.50 bits per heavy atom. The molecule has 2 aromatic carbocycles. The number of fused-ring (bicyclic) bond motifs is 1. The van der Waals surface area contributed by atoms with Gasteiger partial charge in [0.05, 0.1) is 11.2 Å². The molecule has 3 rings (SSSR count). The van der Waals surface area contributed by atoms with Crippen LogP contribution in [0.15, 0.2) is 53.0 Å². The summed E-state index contributed by atoms with van der Waals surface area (Å²) in [5.41, 5.74) is 3.48. The molecule has 0 bridgehead atoms. The molecule has 1 aromatic heterocycles. The van der Waals surface area contributed by atoms with Crippen LogP contribution in [0.5, 0.6) is 0 Å². The van der Waals surface area contributed by atoms with Gasteiger partial charge in [-0.1, -0.05) is 28.1 Å². The van der Waals surface area contributed by atoms with Crippen LogP contribution in [0.3, 0.4) is 0 Å². The second-order valence-corrected chi connectivity index (χ2v) is 5.65. The predicted molar refractivity (Wildman–Crippen MR) is 84.4 cm³/mol. The number of nitrogens with zero attached hydrogens (tertiary/aromatic N) is 1. The zero-order valence-electron chi connectivity index (χ0n) is 10.4. The molecule has 20 heavy (non-hydrogen) atoms. The van der Waals surface area contributed by atoms with Gasteiger partial charge in [0.2, 0.25) is 0 Å². The third-order valence-corrected chi connectivity index (χ3v) is 3.96. The van der Waals surface area contributed by atoms with Gasteiger partial charge in [-0.3, -0.25) is 0 Å². The molecule has 3 aromatic rings. The van der Waals surface area contributed by atoms with Gasteiger partial charge < -0.3 is 0 Å². The number of pyridine rings is 1. The molecule has 0 spiro atoms. The maximum Gasteiger partial charge on any atom is 0.123 e. The first-order valence-corrected chi connectivity index (χ1v) is 7.41. The van der Waals surface area contributed by atoms with Crippen molar-refractivity contribution in [3.8, 4) is 11.3 Å². The third-order valence-electron chi connectivity index (χ3n) is 3.14. The molecule has 0 aliphatic rings. The highest BCUT2D eigenvalue weighted by molar-refractivity contribution is 9.10. The lowest BCUT2D eigenvalue weighted by atomic mass is 10.1. The first kappa shape index (κ1) is 13.5. The van der Waals surface area contributed by atoms with E-state index in [9.17, 15) is 4.39 Å². The van der Waals surface area contributed by atoms with Crippen LogP contribution in [0.2, 0.25) is 0 Å². The van der Waals surface area contributed by atoms with Crippen LogP contribution in [0.4, 0.5) is 4.39 Å². The molecule has 0 aliphatic carbocycles. The summed E-state index contributed by atoms with van der Waals surface area (Å²) in [6.07, 6.45) is 0. The van der Waals surface area contributed by atoms with Gasteiger partial charge in [-0.05, 0) is 42.0 Å². The zero-order valence-corrected chi connectivity index (χ0v) is 12.7. The second-order valence-electron chi connectivity index (χ2n) is 4.47. The van der Waals surface area contributed by atoms with E-state index in [0.29, 0.717) is 5.88 Å². The van der Waals surface area contributed by atoms with Crippen molar-refractivity contribution in [2.45, 2.75) is 5.88 Å². The van der Waals surface area contributed by atoms with Gasteiger partial charge in [0, 0.05) is 21.3 Å². The van der Waals surface area contributed by atoms with E-state index < -0.39 is 0 Å². The lowest BCUT2D eigenvalue weighted by Gasteiger charge is -2.08. The summed E-state index contributed by atoms with van der Waals surface area (Å²) in [5, 5.41) is 0.765. The van der Waals surface area contributed by atoms with Crippen molar-refractivity contribution in [1.29, 1.82) is 0 Å². The number of hydrogen-bond donors (Lipinski definition) is 0. The van der Waals surface area contributed by atoms with E-state index in [1.165, 1.54) is 12.1 Å². The Bertz CT molecular complexity index is 771. The van der Waals surface area contributed by atoms with Crippen molar-refractivity contribution >= 4 is 38.4 Å². The number of rotatable bonds is 2. The number of benzene rings is 2. The van der Waals surface area contributed by atoms with Crippen molar-refractivity contribution < 1.29 is 4.39 Å². The SMILES string of the molecule is Fc1ccc2nc(-c3ccc(Br)cc3)cc(CCl)c2c1. The minimum absolute atomic E-state index is 0.276. The minimum Gasteiger partial charge on any atom is -0.248 e. The van der Waals surface area contributed by atoms with Crippen LogP contribution in [0.1, 0.15) is 5.56 Å². The Morgan fingerprint density at radius 1 is 1.05 bits per heavy atom. The molecule has 1 nitrogen and oxygen atoms in total. The van der Waals surface area contributed by atoms with E-state index in [-0.39, 0.29) is 5.82 Å². The average molecular weight is 351 g/mol. The monoisotopic (exact) mass is 349 g/mol. The lowest BCUT2D eigenvalue weighted by molar-refractivity contribution is 0.629. The average Bonchev–Trinajstić information content (AvgIpc) is 2.47. The maximum atomic E-state index is 13.3. The Balaban J connectivity index is 2.22. The van der Waals surface area contributed by atoms with Crippen LogP contribution < -0.4 is 0 Å². The molecule has 0 unspecified atom stereocenters. The summed E-state index contributed by atoms with van der Waals surface area (Å²) in [5.74, 6) is 0.0495. The Kier molecular flexibility index (Phi) is 3.72. The number of aromatic nitrogens is 1. The van der Waals surface area contributed by atoms with Crippen LogP contribution in [-0.4, -0.2) is 4.98 Å².